The number of halogens is 1. The summed E-state index contributed by atoms with van der Waals surface area (Å²) in [7, 11) is 0. The Hall–Kier alpha value is -3.03. The topological polar surface area (TPSA) is 75.0 Å². The van der Waals surface area contributed by atoms with Crippen LogP contribution >= 0.6 is 23.4 Å². The van der Waals surface area contributed by atoms with Gasteiger partial charge in [0.1, 0.15) is 30.5 Å². The van der Waals surface area contributed by atoms with Crippen LogP contribution in [0.25, 0.3) is 6.08 Å². The normalized spacial score (nSPS) is 16.8. The third kappa shape index (κ3) is 4.59. The van der Waals surface area contributed by atoms with Crippen molar-refractivity contribution in [2.24, 2.45) is 4.99 Å². The highest BCUT2D eigenvalue weighted by Crippen LogP contribution is 2.33. The van der Waals surface area contributed by atoms with Gasteiger partial charge in [-0.2, -0.15) is 4.99 Å². The number of amides is 1. The van der Waals surface area contributed by atoms with Gasteiger partial charge in [0.15, 0.2) is 5.17 Å². The second-order valence-electron chi connectivity index (χ2n) is 7.47. The number of fused-ring (bicyclic) bond motifs is 1. The first kappa shape index (κ1) is 22.2. The molecule has 0 aromatic heterocycles. The van der Waals surface area contributed by atoms with Crippen LogP contribution in [0.3, 0.4) is 0 Å². The average molecular weight is 468 g/mol. The largest absolute Gasteiger partial charge is 0.490 e. The first-order valence-electron chi connectivity index (χ1n) is 10.0. The summed E-state index contributed by atoms with van der Waals surface area (Å²) in [6.45, 7) is 6.63. The first-order valence-corrected chi connectivity index (χ1v) is 11.3. The number of nitrogens with one attached hydrogen (secondary N) is 1. The Labute approximate surface area is 196 Å². The van der Waals surface area contributed by atoms with Crippen LogP contribution in [0.5, 0.6) is 11.5 Å². The summed E-state index contributed by atoms with van der Waals surface area (Å²) in [6.07, 6.45) is 1.63. The van der Waals surface area contributed by atoms with Crippen LogP contribution in [0.2, 0.25) is 5.02 Å². The van der Waals surface area contributed by atoms with Crippen molar-refractivity contribution in [3.05, 3.63) is 74.8 Å². The van der Waals surface area contributed by atoms with E-state index in [0.717, 1.165) is 22.6 Å². The minimum absolute atomic E-state index is 0.110. The summed E-state index contributed by atoms with van der Waals surface area (Å²) in [5.41, 5.74) is 3.98. The molecule has 2 aromatic carbocycles. The van der Waals surface area contributed by atoms with Crippen molar-refractivity contribution in [1.82, 2.24) is 4.90 Å². The van der Waals surface area contributed by atoms with Gasteiger partial charge in [-0.15, -0.1) is 0 Å². The molecule has 164 valence electrons. The van der Waals surface area contributed by atoms with Gasteiger partial charge in [-0.05, 0) is 67.1 Å². The summed E-state index contributed by atoms with van der Waals surface area (Å²) < 4.78 is 11.6. The highest BCUT2D eigenvalue weighted by atomic mass is 35.5. The lowest BCUT2D eigenvalue weighted by Gasteiger charge is -2.25. The zero-order chi connectivity index (χ0) is 22.8. The van der Waals surface area contributed by atoms with Crippen LogP contribution in [-0.4, -0.2) is 35.0 Å². The number of benzene rings is 2. The van der Waals surface area contributed by atoms with Crippen LogP contribution in [0.15, 0.2) is 58.1 Å². The van der Waals surface area contributed by atoms with E-state index in [0.29, 0.717) is 34.7 Å². The molecule has 2 aliphatic heterocycles. The quantitative estimate of drug-likeness (QED) is 0.443. The molecule has 2 aliphatic rings. The number of aliphatic imine (C=N–C) groups is 1. The highest BCUT2D eigenvalue weighted by molar-refractivity contribution is 8.16. The molecule has 0 saturated heterocycles. The number of ether oxygens (including phenoxy) is 2. The molecule has 0 radical (unpaired) electrons. The Bertz CT molecular complexity index is 1200. The van der Waals surface area contributed by atoms with Crippen LogP contribution in [-0.2, 0) is 4.79 Å². The molecule has 0 fully saturated rings. The minimum atomic E-state index is -0.433. The standard InChI is InChI=1S/C24H22ClN3O3S/c1-14-4-5-15(2)21(10-14)31-9-8-30-20-7-6-17(12-19(20)25)11-18-22(26)28-16(3)13-32-24(28)27-23(18)29/h4-7,10-13,26H,8-9H2,1-3H3/b18-11+,26-22?. The average Bonchev–Trinajstić information content (AvgIpc) is 3.12. The number of nitrogens with zero attached hydrogens (tertiary/aromatic N) is 2. The lowest BCUT2D eigenvalue weighted by molar-refractivity contribution is -0.114. The van der Waals surface area contributed by atoms with Gasteiger partial charge in [0.05, 0.1) is 10.6 Å². The molecule has 0 spiro atoms. The Morgan fingerprint density at radius 2 is 1.84 bits per heavy atom. The van der Waals surface area contributed by atoms with Gasteiger partial charge in [-0.1, -0.05) is 41.6 Å². The van der Waals surface area contributed by atoms with Crippen LogP contribution in [0.4, 0.5) is 0 Å². The van der Waals surface area contributed by atoms with E-state index >= 15 is 0 Å². The molecule has 32 heavy (non-hydrogen) atoms. The van der Waals surface area contributed by atoms with Gasteiger partial charge in [0.25, 0.3) is 5.91 Å². The lowest BCUT2D eigenvalue weighted by atomic mass is 10.1. The fraction of sp³-hybridized carbons (Fsp3) is 0.208. The second kappa shape index (κ2) is 9.22. The zero-order valence-corrected chi connectivity index (χ0v) is 19.5. The van der Waals surface area contributed by atoms with Crippen molar-refractivity contribution in [3.8, 4) is 11.5 Å². The number of hydrogen-bond donors (Lipinski definition) is 1. The Morgan fingerprint density at radius 3 is 2.59 bits per heavy atom. The van der Waals surface area contributed by atoms with Gasteiger partial charge >= 0.3 is 0 Å². The Morgan fingerprint density at radius 1 is 1.09 bits per heavy atom. The number of carbonyl (C=O) groups excluding carboxylic acids is 1. The van der Waals surface area contributed by atoms with Crippen LogP contribution in [0, 0.1) is 19.3 Å². The third-order valence-corrected chi connectivity index (χ3v) is 6.23. The fourth-order valence-corrected chi connectivity index (χ4v) is 4.40. The molecule has 0 saturated carbocycles. The Balaban J connectivity index is 1.41. The maximum atomic E-state index is 12.4. The molecule has 1 amide bonds. The third-order valence-electron chi connectivity index (χ3n) is 4.99. The van der Waals surface area contributed by atoms with Crippen molar-refractivity contribution in [3.63, 3.8) is 0 Å². The summed E-state index contributed by atoms with van der Waals surface area (Å²) in [4.78, 5) is 18.2. The van der Waals surface area contributed by atoms with E-state index < -0.39 is 5.91 Å². The van der Waals surface area contributed by atoms with Gasteiger partial charge in [-0.25, -0.2) is 0 Å². The first-order chi connectivity index (χ1) is 15.3. The molecular weight excluding hydrogens is 446 g/mol. The number of aryl methyl sites for hydroxylation is 2. The van der Waals surface area contributed by atoms with Crippen molar-refractivity contribution in [2.75, 3.05) is 13.2 Å². The molecule has 2 heterocycles. The predicted molar refractivity (Wildman–Crippen MR) is 130 cm³/mol. The number of amidine groups is 2. The predicted octanol–water partition coefficient (Wildman–Crippen LogP) is 5.58. The molecule has 2 aromatic rings. The van der Waals surface area contributed by atoms with Gasteiger partial charge in [0, 0.05) is 5.70 Å². The molecule has 0 aliphatic carbocycles. The maximum absolute atomic E-state index is 12.4. The van der Waals surface area contributed by atoms with Crippen molar-refractivity contribution < 1.29 is 14.3 Å². The molecule has 4 rings (SSSR count). The molecular formula is C24H22ClN3O3S. The number of thioether (sulfide) groups is 1. The number of carbonyl (C=O) groups is 1. The van der Waals surface area contributed by atoms with E-state index in [2.05, 4.69) is 4.99 Å². The molecule has 8 heteroatoms. The smallest absolute Gasteiger partial charge is 0.283 e. The lowest BCUT2D eigenvalue weighted by Crippen LogP contribution is -2.37. The van der Waals surface area contributed by atoms with Crippen molar-refractivity contribution in [2.45, 2.75) is 20.8 Å². The minimum Gasteiger partial charge on any atom is -0.490 e. The summed E-state index contributed by atoms with van der Waals surface area (Å²) in [6, 6.07) is 11.3. The SMILES string of the molecule is CC1=CSC2=NC(=O)/C(=C/c3ccc(OCCOc4cc(C)ccc4C)c(Cl)c3)C(=N)N12. The number of hydrogen-bond acceptors (Lipinski definition) is 5. The summed E-state index contributed by atoms with van der Waals surface area (Å²) in [5.74, 6) is 1.04. The van der Waals surface area contributed by atoms with Crippen molar-refractivity contribution >= 4 is 46.3 Å². The molecule has 0 atom stereocenters. The van der Waals surface area contributed by atoms with E-state index in [1.54, 1.807) is 29.2 Å². The Kier molecular flexibility index (Phi) is 6.39. The summed E-state index contributed by atoms with van der Waals surface area (Å²) in [5, 5.41) is 11.2. The second-order valence-corrected chi connectivity index (χ2v) is 8.72. The molecule has 1 N–H and O–H groups in total. The van der Waals surface area contributed by atoms with Crippen LogP contribution in [0.1, 0.15) is 23.6 Å². The highest BCUT2D eigenvalue weighted by Gasteiger charge is 2.33. The zero-order valence-electron chi connectivity index (χ0n) is 17.9. The van der Waals surface area contributed by atoms with E-state index in [1.807, 2.05) is 44.4 Å². The van der Waals surface area contributed by atoms with Crippen LogP contribution < -0.4 is 9.47 Å². The van der Waals surface area contributed by atoms with E-state index in [9.17, 15) is 4.79 Å². The fourth-order valence-electron chi connectivity index (χ4n) is 3.30. The van der Waals surface area contributed by atoms with E-state index in [4.69, 9.17) is 26.5 Å². The van der Waals surface area contributed by atoms with E-state index in [-0.39, 0.29) is 11.4 Å². The van der Waals surface area contributed by atoms with Gasteiger partial charge in [0.2, 0.25) is 0 Å². The van der Waals surface area contributed by atoms with Gasteiger partial charge in [-0.3, -0.25) is 15.1 Å². The molecule has 6 nitrogen and oxygen atoms in total. The number of rotatable bonds is 6. The van der Waals surface area contributed by atoms with E-state index in [1.165, 1.54) is 11.8 Å². The molecule has 0 unspecified atom stereocenters. The summed E-state index contributed by atoms with van der Waals surface area (Å²) >= 11 is 7.73. The molecule has 0 bridgehead atoms. The maximum Gasteiger partial charge on any atom is 0.283 e. The van der Waals surface area contributed by atoms with Gasteiger partial charge < -0.3 is 9.47 Å². The number of allylic oxidation sites excluding steroid dienone is 1. The van der Waals surface area contributed by atoms with Crippen molar-refractivity contribution in [1.29, 1.82) is 5.41 Å². The monoisotopic (exact) mass is 467 g/mol.